The highest BCUT2D eigenvalue weighted by Crippen LogP contribution is 2.29. The lowest BCUT2D eigenvalue weighted by Crippen LogP contribution is -2.66. The van der Waals surface area contributed by atoms with Gasteiger partial charge in [-0.15, -0.1) is 0 Å². The van der Waals surface area contributed by atoms with Gasteiger partial charge >= 0.3 is 12.2 Å². The summed E-state index contributed by atoms with van der Waals surface area (Å²) in [5.41, 5.74) is 1.33. The molecule has 4 aromatic rings. The summed E-state index contributed by atoms with van der Waals surface area (Å²) in [6, 6.07) is 24.0. The van der Waals surface area contributed by atoms with E-state index in [1.54, 1.807) is 76.5 Å². The average Bonchev–Trinajstić information content (AvgIpc) is 3.35. The van der Waals surface area contributed by atoms with Crippen LogP contribution < -0.4 is 14.8 Å². The van der Waals surface area contributed by atoms with Gasteiger partial charge in [0.2, 0.25) is 17.7 Å². The van der Waals surface area contributed by atoms with Crippen molar-refractivity contribution in [2.24, 2.45) is 5.92 Å². The van der Waals surface area contributed by atoms with Crippen LogP contribution in [0.1, 0.15) is 91.0 Å². The van der Waals surface area contributed by atoms with E-state index >= 15 is 0 Å². The molecule has 2 saturated heterocycles. The average molecular weight is 1070 g/mol. The van der Waals surface area contributed by atoms with E-state index in [1.807, 2.05) is 67.6 Å². The summed E-state index contributed by atoms with van der Waals surface area (Å²) in [6.45, 7) is 21.2. The van der Waals surface area contributed by atoms with Crippen LogP contribution in [0.4, 0.5) is 18.4 Å². The largest absolute Gasteiger partial charge is 0.493 e. The van der Waals surface area contributed by atoms with Gasteiger partial charge < -0.3 is 44.3 Å². The van der Waals surface area contributed by atoms with E-state index in [0.717, 1.165) is 17.5 Å². The topological polar surface area (TPSA) is 188 Å². The van der Waals surface area contributed by atoms with Crippen LogP contribution in [-0.2, 0) is 49.8 Å². The van der Waals surface area contributed by atoms with Crippen molar-refractivity contribution in [1.82, 2.24) is 24.9 Å². The van der Waals surface area contributed by atoms with Crippen molar-refractivity contribution in [3.8, 4) is 11.5 Å². The molecule has 2 aliphatic rings. The van der Waals surface area contributed by atoms with Gasteiger partial charge in [-0.25, -0.2) is 18.4 Å². The summed E-state index contributed by atoms with van der Waals surface area (Å²) >= 11 is 0. The van der Waals surface area contributed by atoms with Crippen LogP contribution in [0, 0.1) is 17.6 Å². The number of carbonyl (C=O) groups excluding carboxylic acids is 5. The number of aliphatic hydroxyl groups excluding tert-OH is 2. The minimum atomic E-state index is -1.52. The van der Waals surface area contributed by atoms with Crippen molar-refractivity contribution in [1.29, 1.82) is 0 Å². The molecule has 0 saturated carbocycles. The molecule has 5 amide bonds. The standard InChI is InChI=1S/C30H40FN3O6.C29H37FN2O5/c1-6-14-39-24-16-22(15-23(31)18-24)17-25(32-20(2)35)27(36)26-28(37)33(19-21-10-8-7-9-11-21)12-13-34(26)29(38)40-30(3,4)5;1-6-14-36-24-17-22(16-23(30)18-24)15-20(2)26(33)25-27(34)31(19-21-10-8-7-9-11-21)12-13-32(25)28(35)37-29(3,4)5/h7-11,15-16,18,25-27,36H,6,12-14,17,19H2,1-5H3,(H,32,35);6-11,16-18,20,25-26,33H,1,12-15,19H2,2-5H3/t25-,26-,27-;20-,25-,26-/m00/s1. The first-order valence-electron chi connectivity index (χ1n) is 26.1. The van der Waals surface area contributed by atoms with Gasteiger partial charge in [-0.3, -0.25) is 24.2 Å². The second-order valence-corrected chi connectivity index (χ2v) is 21.4. The van der Waals surface area contributed by atoms with Gasteiger partial charge in [0.1, 0.15) is 59.1 Å². The first-order valence-corrected chi connectivity index (χ1v) is 26.1. The van der Waals surface area contributed by atoms with Gasteiger partial charge in [0, 0.05) is 58.3 Å². The van der Waals surface area contributed by atoms with E-state index in [9.17, 15) is 43.0 Å². The van der Waals surface area contributed by atoms with Crippen molar-refractivity contribution in [3.05, 3.63) is 144 Å². The third kappa shape index (κ3) is 18.6. The highest BCUT2D eigenvalue weighted by molar-refractivity contribution is 5.88. The molecule has 2 heterocycles. The number of nitrogens with one attached hydrogen (secondary N) is 1. The predicted octanol–water partition coefficient (Wildman–Crippen LogP) is 8.25. The van der Waals surface area contributed by atoms with E-state index in [0.29, 0.717) is 42.3 Å². The Kier molecular flexibility index (Phi) is 22.0. The molecule has 16 nitrogen and oxygen atoms in total. The maximum absolute atomic E-state index is 14.4. The number of aliphatic hydroxyl groups is 2. The molecule has 3 N–H and O–H groups in total. The van der Waals surface area contributed by atoms with Gasteiger partial charge in [0.15, 0.2) is 0 Å². The number of hydrogen-bond acceptors (Lipinski definition) is 11. The highest BCUT2D eigenvalue weighted by Gasteiger charge is 2.47. The Bertz CT molecular complexity index is 2610. The van der Waals surface area contributed by atoms with Gasteiger partial charge in [0.25, 0.3) is 0 Å². The smallest absolute Gasteiger partial charge is 0.411 e. The number of piperazine rings is 2. The predicted molar refractivity (Wildman–Crippen MR) is 288 cm³/mol. The molecule has 77 heavy (non-hydrogen) atoms. The first kappa shape index (κ1) is 60.8. The zero-order valence-electron chi connectivity index (χ0n) is 45.9. The molecule has 6 atom stereocenters. The lowest BCUT2D eigenvalue weighted by atomic mass is 9.89. The maximum atomic E-state index is 14.4. The number of ether oxygens (including phenoxy) is 4. The Morgan fingerprint density at radius 3 is 1.55 bits per heavy atom. The van der Waals surface area contributed by atoms with Gasteiger partial charge in [-0.1, -0.05) is 87.2 Å². The summed E-state index contributed by atoms with van der Waals surface area (Å²) < 4.78 is 50.8. The quantitative estimate of drug-likeness (QED) is 0.0768. The van der Waals surface area contributed by atoms with Gasteiger partial charge in [-0.2, -0.15) is 0 Å². The van der Waals surface area contributed by atoms with E-state index in [1.165, 1.54) is 41.0 Å². The number of rotatable bonds is 19. The highest BCUT2D eigenvalue weighted by atomic mass is 19.1. The summed E-state index contributed by atoms with van der Waals surface area (Å²) in [5.74, 6) is -2.07. The lowest BCUT2D eigenvalue weighted by Gasteiger charge is -2.44. The third-order valence-corrected chi connectivity index (χ3v) is 12.5. The molecule has 0 aromatic heterocycles. The second kappa shape index (κ2) is 27.8. The molecular weight excluding hydrogens is 993 g/mol. The van der Waals surface area contributed by atoms with Crippen molar-refractivity contribution >= 4 is 29.9 Å². The molecule has 2 fully saturated rings. The van der Waals surface area contributed by atoms with Crippen molar-refractivity contribution in [3.63, 3.8) is 0 Å². The number of carbonyl (C=O) groups is 5. The van der Waals surface area contributed by atoms with Crippen LogP contribution in [0.3, 0.4) is 0 Å². The Labute approximate surface area is 451 Å². The molecule has 6 rings (SSSR count). The van der Waals surface area contributed by atoms with Crippen LogP contribution in [0.2, 0.25) is 0 Å². The van der Waals surface area contributed by atoms with Crippen LogP contribution in [0.25, 0.3) is 0 Å². The van der Waals surface area contributed by atoms with Gasteiger partial charge in [-0.05, 0) is 113 Å². The van der Waals surface area contributed by atoms with Crippen molar-refractivity contribution < 1.29 is 61.9 Å². The fraction of sp³-hybridized carbons (Fsp3) is 0.475. The number of halogens is 2. The number of benzene rings is 4. The molecule has 0 spiro atoms. The van der Waals surface area contributed by atoms with E-state index in [4.69, 9.17) is 18.9 Å². The molecule has 0 aliphatic carbocycles. The summed E-state index contributed by atoms with van der Waals surface area (Å²) in [7, 11) is 0. The molecular formula is C59H77F2N5O11. The number of hydrogen-bond donors (Lipinski definition) is 3. The SMILES string of the molecule is C=CCOc1cc(F)cc(C[C@H](C)[C@H](O)[C@H]2C(=O)N(Cc3ccccc3)CCN2C(=O)OC(C)(C)C)c1.CCCOc1cc(F)cc(C[C@H](NC(C)=O)[C@H](O)[C@H]2C(=O)N(Cc3ccccc3)CCN2C(=O)OC(C)(C)C)c1. The Morgan fingerprint density at radius 1 is 0.675 bits per heavy atom. The fourth-order valence-corrected chi connectivity index (χ4v) is 9.04. The monoisotopic (exact) mass is 1070 g/mol. The van der Waals surface area contributed by atoms with Crippen LogP contribution in [0.5, 0.6) is 11.5 Å². The van der Waals surface area contributed by atoms with E-state index in [2.05, 4.69) is 11.9 Å². The Morgan fingerprint density at radius 2 is 1.12 bits per heavy atom. The fourth-order valence-electron chi connectivity index (χ4n) is 9.04. The zero-order chi connectivity index (χ0) is 56.6. The van der Waals surface area contributed by atoms with Crippen LogP contribution in [-0.4, -0.2) is 141 Å². The van der Waals surface area contributed by atoms with Crippen molar-refractivity contribution in [2.75, 3.05) is 39.4 Å². The zero-order valence-corrected chi connectivity index (χ0v) is 45.9. The molecule has 0 unspecified atom stereocenters. The number of nitrogens with zero attached hydrogens (tertiary/aromatic N) is 4. The minimum Gasteiger partial charge on any atom is -0.493 e. The van der Waals surface area contributed by atoms with E-state index in [-0.39, 0.29) is 51.5 Å². The molecule has 0 bridgehead atoms. The molecule has 418 valence electrons. The molecule has 18 heteroatoms. The van der Waals surface area contributed by atoms with Crippen molar-refractivity contribution in [2.45, 2.75) is 136 Å². The molecule has 4 aromatic carbocycles. The van der Waals surface area contributed by atoms with Gasteiger partial charge in [0.05, 0.1) is 18.8 Å². The van der Waals surface area contributed by atoms with Crippen LogP contribution >= 0.6 is 0 Å². The Balaban J connectivity index is 0.000000285. The molecule has 0 radical (unpaired) electrons. The third-order valence-electron chi connectivity index (χ3n) is 12.5. The summed E-state index contributed by atoms with van der Waals surface area (Å²) in [4.78, 5) is 71.7. The Hall–Kier alpha value is -7.05. The lowest BCUT2D eigenvalue weighted by molar-refractivity contribution is -0.149. The summed E-state index contributed by atoms with van der Waals surface area (Å²) in [5, 5.41) is 25.8. The minimum absolute atomic E-state index is 0.00832. The molecule has 2 aliphatic heterocycles. The second-order valence-electron chi connectivity index (χ2n) is 21.4. The first-order chi connectivity index (χ1) is 36.4. The van der Waals surface area contributed by atoms with Crippen LogP contribution in [0.15, 0.2) is 110 Å². The number of amides is 5. The normalized spacial score (nSPS) is 17.5. The summed E-state index contributed by atoms with van der Waals surface area (Å²) in [6.07, 6.45) is -1.56. The van der Waals surface area contributed by atoms with E-state index < -0.39 is 83.1 Å². The maximum Gasteiger partial charge on any atom is 0.411 e.